The first kappa shape index (κ1) is 18.1. The first-order valence-corrected chi connectivity index (χ1v) is 7.87. The van der Waals surface area contributed by atoms with Crippen LogP contribution in [0.3, 0.4) is 0 Å². The third-order valence-corrected chi connectivity index (χ3v) is 3.15. The minimum atomic E-state index is -0.127. The first-order valence-electron chi connectivity index (χ1n) is 7.87. The van der Waals surface area contributed by atoms with Crippen molar-refractivity contribution in [2.24, 2.45) is 4.99 Å². The fourth-order valence-corrected chi connectivity index (χ4v) is 1.96. The lowest BCUT2D eigenvalue weighted by Gasteiger charge is -2.10. The van der Waals surface area contributed by atoms with E-state index in [1.54, 1.807) is 6.26 Å². The van der Waals surface area contributed by atoms with Crippen LogP contribution in [0.25, 0.3) is 0 Å². The number of furan rings is 1. The van der Waals surface area contributed by atoms with E-state index in [0.29, 0.717) is 13.0 Å². The summed E-state index contributed by atoms with van der Waals surface area (Å²) < 4.78 is 9.87. The highest BCUT2D eigenvalue weighted by Crippen LogP contribution is 2.03. The second kappa shape index (κ2) is 11.7. The number of aliphatic imine (C=N–C) groups is 1. The van der Waals surface area contributed by atoms with Crippen LogP contribution in [0, 0.1) is 0 Å². The predicted molar refractivity (Wildman–Crippen MR) is 86.6 cm³/mol. The van der Waals surface area contributed by atoms with Crippen LogP contribution in [-0.4, -0.2) is 32.1 Å². The van der Waals surface area contributed by atoms with E-state index < -0.39 is 0 Å². The molecule has 0 spiro atoms. The van der Waals surface area contributed by atoms with Crippen molar-refractivity contribution in [2.45, 2.75) is 45.6 Å². The van der Waals surface area contributed by atoms with E-state index in [2.05, 4.69) is 20.4 Å². The van der Waals surface area contributed by atoms with Crippen LogP contribution >= 0.6 is 0 Å². The summed E-state index contributed by atoms with van der Waals surface area (Å²) >= 11 is 0. The Kier molecular flexibility index (Phi) is 9.57. The Morgan fingerprint density at radius 3 is 2.77 bits per heavy atom. The number of nitrogens with one attached hydrogen (secondary N) is 2. The molecule has 22 heavy (non-hydrogen) atoms. The van der Waals surface area contributed by atoms with Crippen LogP contribution in [0.1, 0.15) is 44.8 Å². The van der Waals surface area contributed by atoms with Gasteiger partial charge < -0.3 is 19.8 Å². The molecular formula is C16H27N3O3. The molecule has 1 aromatic heterocycles. The Hall–Kier alpha value is -1.98. The van der Waals surface area contributed by atoms with Crippen molar-refractivity contribution in [1.29, 1.82) is 0 Å². The largest absolute Gasteiger partial charge is 0.469 e. The van der Waals surface area contributed by atoms with Crippen LogP contribution in [-0.2, 0) is 16.1 Å². The first-order chi connectivity index (χ1) is 10.8. The van der Waals surface area contributed by atoms with E-state index in [1.165, 1.54) is 7.11 Å². The Balaban J connectivity index is 2.13. The summed E-state index contributed by atoms with van der Waals surface area (Å²) in [5.41, 5.74) is 0. The van der Waals surface area contributed by atoms with Crippen LogP contribution in [0.15, 0.2) is 27.8 Å². The van der Waals surface area contributed by atoms with Gasteiger partial charge in [0.15, 0.2) is 5.96 Å². The highest BCUT2D eigenvalue weighted by atomic mass is 16.5. The molecule has 0 amide bonds. The van der Waals surface area contributed by atoms with Crippen LogP contribution in [0.5, 0.6) is 0 Å². The minimum absolute atomic E-state index is 0.127. The number of carbonyl (C=O) groups excluding carboxylic acids is 1. The molecular weight excluding hydrogens is 282 g/mol. The average molecular weight is 309 g/mol. The highest BCUT2D eigenvalue weighted by Gasteiger charge is 2.00. The van der Waals surface area contributed by atoms with Gasteiger partial charge in [0.1, 0.15) is 12.3 Å². The maximum Gasteiger partial charge on any atom is 0.305 e. The molecule has 0 aliphatic carbocycles. The van der Waals surface area contributed by atoms with Crippen molar-refractivity contribution in [1.82, 2.24) is 10.6 Å². The number of esters is 1. The average Bonchev–Trinajstić information content (AvgIpc) is 3.04. The quantitative estimate of drug-likeness (QED) is 0.300. The zero-order valence-electron chi connectivity index (χ0n) is 13.6. The highest BCUT2D eigenvalue weighted by molar-refractivity contribution is 5.79. The zero-order valence-corrected chi connectivity index (χ0v) is 13.6. The molecule has 0 atom stereocenters. The maximum absolute atomic E-state index is 11.0. The molecule has 0 aliphatic rings. The topological polar surface area (TPSA) is 75.9 Å². The van der Waals surface area contributed by atoms with Crippen molar-refractivity contribution in [3.05, 3.63) is 24.2 Å². The molecule has 0 unspecified atom stereocenters. The van der Waals surface area contributed by atoms with Crippen molar-refractivity contribution >= 4 is 11.9 Å². The number of rotatable bonds is 10. The third kappa shape index (κ3) is 8.34. The Labute approximate surface area is 132 Å². The van der Waals surface area contributed by atoms with E-state index in [0.717, 1.165) is 50.5 Å². The number of carbonyl (C=O) groups is 1. The van der Waals surface area contributed by atoms with Crippen molar-refractivity contribution in [2.75, 3.05) is 20.2 Å². The number of guanidine groups is 1. The zero-order chi connectivity index (χ0) is 16.0. The van der Waals surface area contributed by atoms with E-state index in [4.69, 9.17) is 4.42 Å². The maximum atomic E-state index is 11.0. The van der Waals surface area contributed by atoms with Gasteiger partial charge in [-0.05, 0) is 31.9 Å². The van der Waals surface area contributed by atoms with Gasteiger partial charge in [0.25, 0.3) is 0 Å². The lowest BCUT2D eigenvalue weighted by Crippen LogP contribution is -2.37. The number of hydrogen-bond donors (Lipinski definition) is 2. The number of hydrogen-bond acceptors (Lipinski definition) is 4. The van der Waals surface area contributed by atoms with E-state index in [-0.39, 0.29) is 5.97 Å². The molecule has 0 bridgehead atoms. The molecule has 0 aliphatic heterocycles. The molecule has 6 heteroatoms. The summed E-state index contributed by atoms with van der Waals surface area (Å²) in [5, 5.41) is 6.51. The van der Waals surface area contributed by atoms with Gasteiger partial charge in [-0.25, -0.2) is 4.99 Å². The fraction of sp³-hybridized carbons (Fsp3) is 0.625. The van der Waals surface area contributed by atoms with E-state index in [1.807, 2.05) is 19.1 Å². The lowest BCUT2D eigenvalue weighted by molar-refractivity contribution is -0.140. The second-order valence-electron chi connectivity index (χ2n) is 4.94. The van der Waals surface area contributed by atoms with Crippen LogP contribution in [0.2, 0.25) is 0 Å². The summed E-state index contributed by atoms with van der Waals surface area (Å²) in [5.74, 6) is 1.52. The van der Waals surface area contributed by atoms with Gasteiger partial charge in [-0.2, -0.15) is 0 Å². The molecule has 0 saturated heterocycles. The minimum Gasteiger partial charge on any atom is -0.469 e. The molecule has 0 fully saturated rings. The number of unbranched alkanes of at least 4 members (excludes halogenated alkanes) is 3. The smallest absolute Gasteiger partial charge is 0.305 e. The third-order valence-electron chi connectivity index (χ3n) is 3.15. The number of ether oxygens (including phenoxy) is 1. The van der Waals surface area contributed by atoms with Crippen molar-refractivity contribution in [3.63, 3.8) is 0 Å². The monoisotopic (exact) mass is 309 g/mol. The summed E-state index contributed by atoms with van der Waals surface area (Å²) in [6.07, 6.45) is 6.22. The second-order valence-corrected chi connectivity index (χ2v) is 4.94. The van der Waals surface area contributed by atoms with Gasteiger partial charge in [0.05, 0.1) is 13.4 Å². The van der Waals surface area contributed by atoms with Crippen LogP contribution < -0.4 is 10.6 Å². The Morgan fingerprint density at radius 1 is 1.27 bits per heavy atom. The summed E-state index contributed by atoms with van der Waals surface area (Å²) in [6.45, 7) is 4.25. The molecule has 0 aromatic carbocycles. The van der Waals surface area contributed by atoms with Crippen LogP contribution in [0.4, 0.5) is 0 Å². The fourth-order valence-electron chi connectivity index (χ4n) is 1.96. The van der Waals surface area contributed by atoms with Crippen molar-refractivity contribution < 1.29 is 13.9 Å². The molecule has 6 nitrogen and oxygen atoms in total. The number of methoxy groups -OCH3 is 1. The summed E-state index contributed by atoms with van der Waals surface area (Å²) in [6, 6.07) is 3.77. The van der Waals surface area contributed by atoms with Gasteiger partial charge in [-0.3, -0.25) is 4.79 Å². The molecule has 0 saturated carbocycles. The van der Waals surface area contributed by atoms with Gasteiger partial charge in [-0.15, -0.1) is 0 Å². The number of nitrogens with zero attached hydrogens (tertiary/aromatic N) is 1. The van der Waals surface area contributed by atoms with E-state index >= 15 is 0 Å². The summed E-state index contributed by atoms with van der Waals surface area (Å²) in [4.78, 5) is 15.4. The lowest BCUT2D eigenvalue weighted by atomic mass is 10.1. The molecule has 124 valence electrons. The Bertz CT molecular complexity index is 430. The molecule has 0 radical (unpaired) electrons. The SMILES string of the molecule is CCNC(=NCc1ccco1)NCCCCCCC(=O)OC. The van der Waals surface area contributed by atoms with Gasteiger partial charge in [0.2, 0.25) is 0 Å². The summed E-state index contributed by atoms with van der Waals surface area (Å²) in [7, 11) is 1.43. The van der Waals surface area contributed by atoms with Gasteiger partial charge >= 0.3 is 5.97 Å². The molecule has 1 aromatic rings. The predicted octanol–water partition coefficient (Wildman–Crippen LogP) is 2.46. The van der Waals surface area contributed by atoms with Crippen molar-refractivity contribution in [3.8, 4) is 0 Å². The normalized spacial score (nSPS) is 11.3. The molecule has 1 heterocycles. The van der Waals surface area contributed by atoms with E-state index in [9.17, 15) is 4.79 Å². The van der Waals surface area contributed by atoms with Gasteiger partial charge in [0, 0.05) is 19.5 Å². The standard InChI is InChI=1S/C16H27N3O3/c1-3-17-16(19-13-14-9-8-12-22-14)18-11-7-5-4-6-10-15(20)21-2/h8-9,12H,3-7,10-11,13H2,1-2H3,(H2,17,18,19). The molecule has 2 N–H and O–H groups in total. The van der Waals surface area contributed by atoms with Gasteiger partial charge in [-0.1, -0.05) is 12.8 Å². The Morgan fingerprint density at radius 2 is 2.09 bits per heavy atom. The molecule has 1 rings (SSSR count).